The van der Waals surface area contributed by atoms with Crippen LogP contribution < -0.4 is 0 Å². The molecule has 0 unspecified atom stereocenters. The Morgan fingerprint density at radius 2 is 1.71 bits per heavy atom. The van der Waals surface area contributed by atoms with E-state index in [-0.39, 0.29) is 6.61 Å². The number of unbranched alkanes of at least 4 members (excludes halogenated alkanes) is 1. The van der Waals surface area contributed by atoms with E-state index in [1.807, 2.05) is 41.0 Å². The molecule has 0 aliphatic rings. The fraction of sp³-hybridized carbons (Fsp3) is 0.185. The molecule has 5 rings (SSSR count). The van der Waals surface area contributed by atoms with Crippen molar-refractivity contribution in [3.63, 3.8) is 0 Å². The first-order chi connectivity index (χ1) is 17.2. The predicted molar refractivity (Wildman–Crippen MR) is 137 cm³/mol. The second-order valence-corrected chi connectivity index (χ2v) is 8.61. The number of aryl methyl sites for hydroxylation is 1. The maximum Gasteiger partial charge on any atom is 0.180 e. The van der Waals surface area contributed by atoms with Crippen LogP contribution >= 0.6 is 11.6 Å². The molecule has 0 bridgehead atoms. The molecule has 2 heterocycles. The Morgan fingerprint density at radius 1 is 0.914 bits per heavy atom. The summed E-state index contributed by atoms with van der Waals surface area (Å²) in [5, 5.41) is 25.1. The van der Waals surface area contributed by atoms with E-state index in [0.29, 0.717) is 16.7 Å². The second-order valence-electron chi connectivity index (χ2n) is 8.26. The third-order valence-corrected chi connectivity index (χ3v) is 6.36. The Kier molecular flexibility index (Phi) is 6.70. The van der Waals surface area contributed by atoms with E-state index in [0.717, 1.165) is 58.6 Å². The zero-order chi connectivity index (χ0) is 24.2. The van der Waals surface area contributed by atoms with E-state index < -0.39 is 0 Å². The average molecular weight is 485 g/mol. The first-order valence-electron chi connectivity index (χ1n) is 11.6. The molecule has 0 spiro atoms. The average Bonchev–Trinajstić information content (AvgIpc) is 3.55. The molecule has 0 fully saturated rings. The molecule has 2 N–H and O–H groups in total. The molecule has 3 aromatic carbocycles. The van der Waals surface area contributed by atoms with Crippen LogP contribution in [-0.2, 0) is 13.0 Å². The van der Waals surface area contributed by atoms with Gasteiger partial charge in [-0.05, 0) is 45.7 Å². The first-order valence-corrected chi connectivity index (χ1v) is 12.0. The van der Waals surface area contributed by atoms with Gasteiger partial charge in [0.05, 0.1) is 18.0 Å². The molecule has 8 heteroatoms. The van der Waals surface area contributed by atoms with Crippen LogP contribution in [0.1, 0.15) is 31.3 Å². The van der Waals surface area contributed by atoms with Gasteiger partial charge in [-0.1, -0.05) is 85.6 Å². The van der Waals surface area contributed by atoms with Crippen molar-refractivity contribution in [3.05, 3.63) is 89.5 Å². The summed E-state index contributed by atoms with van der Waals surface area (Å²) in [6.45, 7) is 1.94. The van der Waals surface area contributed by atoms with E-state index in [2.05, 4.69) is 68.9 Å². The third kappa shape index (κ3) is 4.48. The molecule has 176 valence electrons. The van der Waals surface area contributed by atoms with Gasteiger partial charge in [0.15, 0.2) is 11.0 Å². The van der Waals surface area contributed by atoms with E-state index >= 15 is 0 Å². The van der Waals surface area contributed by atoms with Gasteiger partial charge in [0, 0.05) is 17.5 Å². The largest absolute Gasteiger partial charge is 0.390 e. The number of halogens is 1. The number of tetrazole rings is 1. The maximum absolute atomic E-state index is 10.1. The van der Waals surface area contributed by atoms with E-state index in [1.54, 1.807) is 0 Å². The van der Waals surface area contributed by atoms with Crippen LogP contribution in [0, 0.1) is 0 Å². The minimum atomic E-state index is -0.200. The number of nitrogens with one attached hydrogen (secondary N) is 1. The summed E-state index contributed by atoms with van der Waals surface area (Å²) in [7, 11) is 0. The summed E-state index contributed by atoms with van der Waals surface area (Å²) in [5.74, 6) is 1.43. The van der Waals surface area contributed by atoms with Gasteiger partial charge < -0.3 is 5.11 Å². The van der Waals surface area contributed by atoms with Crippen molar-refractivity contribution in [1.29, 1.82) is 0 Å². The number of para-hydroxylation sites is 1. The zero-order valence-corrected chi connectivity index (χ0v) is 20.1. The highest BCUT2D eigenvalue weighted by Gasteiger charge is 2.20. The van der Waals surface area contributed by atoms with Crippen LogP contribution in [0.15, 0.2) is 72.8 Å². The molecule has 35 heavy (non-hydrogen) atoms. The van der Waals surface area contributed by atoms with E-state index in [4.69, 9.17) is 11.6 Å². The van der Waals surface area contributed by atoms with Gasteiger partial charge in [0.2, 0.25) is 0 Å². The second kappa shape index (κ2) is 10.2. The van der Waals surface area contributed by atoms with Gasteiger partial charge in [-0.25, -0.2) is 10.1 Å². The standard InChI is InChI=1S/C27H25ClN6O/c1-2-3-13-25-29-26(28)24(17-35)34(25)23-12-8-7-11-21(23)19-14-15-20(18-9-5-4-6-10-18)22(16-19)27-30-32-33-31-27/h4-12,14-16,35H,2-3,13,17H2,1H3,(H,30,31,32,33). The molecular formula is C27H25ClN6O. The van der Waals surface area contributed by atoms with Gasteiger partial charge in [0.1, 0.15) is 5.82 Å². The van der Waals surface area contributed by atoms with Crippen molar-refractivity contribution in [2.75, 3.05) is 0 Å². The normalized spacial score (nSPS) is 11.2. The lowest BCUT2D eigenvalue weighted by molar-refractivity contribution is 0.274. The van der Waals surface area contributed by atoms with Crippen molar-refractivity contribution >= 4 is 11.6 Å². The zero-order valence-electron chi connectivity index (χ0n) is 19.3. The summed E-state index contributed by atoms with van der Waals surface area (Å²) in [5.41, 5.74) is 6.47. The molecule has 0 aliphatic carbocycles. The lowest BCUT2D eigenvalue weighted by Gasteiger charge is -2.17. The number of imidazole rings is 1. The summed E-state index contributed by atoms with van der Waals surface area (Å²) >= 11 is 6.44. The van der Waals surface area contributed by atoms with Gasteiger partial charge in [0.25, 0.3) is 0 Å². The van der Waals surface area contributed by atoms with Crippen molar-refractivity contribution < 1.29 is 5.11 Å². The Hall–Kier alpha value is -3.81. The Labute approximate surface area is 208 Å². The topological polar surface area (TPSA) is 92.5 Å². The highest BCUT2D eigenvalue weighted by molar-refractivity contribution is 6.30. The number of hydrogen-bond donors (Lipinski definition) is 2. The highest BCUT2D eigenvalue weighted by Crippen LogP contribution is 2.37. The fourth-order valence-corrected chi connectivity index (χ4v) is 4.60. The maximum atomic E-state index is 10.1. The molecule has 0 saturated heterocycles. The van der Waals surface area contributed by atoms with E-state index in [9.17, 15) is 5.11 Å². The van der Waals surface area contributed by atoms with Crippen molar-refractivity contribution in [2.45, 2.75) is 32.8 Å². The van der Waals surface area contributed by atoms with Crippen LogP contribution in [0.3, 0.4) is 0 Å². The van der Waals surface area contributed by atoms with Crippen LogP contribution in [-0.4, -0.2) is 35.3 Å². The summed E-state index contributed by atoms with van der Waals surface area (Å²) in [6.07, 6.45) is 2.79. The highest BCUT2D eigenvalue weighted by atomic mass is 35.5. The number of aromatic nitrogens is 6. The van der Waals surface area contributed by atoms with Crippen LogP contribution in [0.25, 0.3) is 39.3 Å². The number of rotatable bonds is 8. The van der Waals surface area contributed by atoms with Gasteiger partial charge >= 0.3 is 0 Å². The van der Waals surface area contributed by atoms with Crippen molar-refractivity contribution in [1.82, 2.24) is 30.2 Å². The number of benzene rings is 3. The minimum Gasteiger partial charge on any atom is -0.390 e. The fourth-order valence-electron chi connectivity index (χ4n) is 4.36. The van der Waals surface area contributed by atoms with Crippen molar-refractivity contribution in [2.24, 2.45) is 0 Å². The lowest BCUT2D eigenvalue weighted by Crippen LogP contribution is -2.07. The first kappa shape index (κ1) is 23.0. The number of aliphatic hydroxyl groups is 1. The van der Waals surface area contributed by atoms with Crippen LogP contribution in [0.4, 0.5) is 0 Å². The molecule has 7 nitrogen and oxygen atoms in total. The van der Waals surface area contributed by atoms with Gasteiger partial charge in [-0.15, -0.1) is 5.10 Å². The number of aliphatic hydroxyl groups excluding tert-OH is 1. The van der Waals surface area contributed by atoms with Crippen LogP contribution in [0.5, 0.6) is 0 Å². The Bertz CT molecular complexity index is 1430. The third-order valence-electron chi connectivity index (χ3n) is 6.06. The Balaban J connectivity index is 1.70. The number of aromatic amines is 1. The predicted octanol–water partition coefficient (Wildman–Crippen LogP) is 5.87. The molecule has 2 aromatic heterocycles. The summed E-state index contributed by atoms with van der Waals surface area (Å²) in [6, 6.07) is 24.5. The minimum absolute atomic E-state index is 0.200. The SMILES string of the molecule is CCCCc1nc(Cl)c(CO)n1-c1ccccc1-c1ccc(-c2ccccc2)c(-c2nnn[nH]2)c1. The summed E-state index contributed by atoms with van der Waals surface area (Å²) in [4.78, 5) is 4.58. The molecular weight excluding hydrogens is 460 g/mol. The molecule has 0 radical (unpaired) electrons. The monoisotopic (exact) mass is 484 g/mol. The summed E-state index contributed by atoms with van der Waals surface area (Å²) < 4.78 is 1.99. The molecule has 0 aliphatic heterocycles. The number of hydrogen-bond acceptors (Lipinski definition) is 5. The van der Waals surface area contributed by atoms with Crippen LogP contribution in [0.2, 0.25) is 5.15 Å². The molecule has 0 saturated carbocycles. The number of nitrogens with zero attached hydrogens (tertiary/aromatic N) is 5. The smallest absolute Gasteiger partial charge is 0.180 e. The Morgan fingerprint density at radius 3 is 2.46 bits per heavy atom. The lowest BCUT2D eigenvalue weighted by atomic mass is 9.94. The molecule has 0 atom stereocenters. The molecule has 5 aromatic rings. The van der Waals surface area contributed by atoms with Gasteiger partial charge in [-0.2, -0.15) is 0 Å². The van der Waals surface area contributed by atoms with E-state index in [1.165, 1.54) is 0 Å². The molecule has 0 amide bonds. The van der Waals surface area contributed by atoms with Gasteiger partial charge in [-0.3, -0.25) is 4.57 Å². The quantitative estimate of drug-likeness (QED) is 0.287. The van der Waals surface area contributed by atoms with Crippen molar-refractivity contribution in [3.8, 4) is 39.3 Å². The number of H-pyrrole nitrogens is 1.